The highest BCUT2D eigenvalue weighted by molar-refractivity contribution is 7.21. The summed E-state index contributed by atoms with van der Waals surface area (Å²) in [5, 5.41) is 0.900. The predicted molar refractivity (Wildman–Crippen MR) is 98.9 cm³/mol. The van der Waals surface area contributed by atoms with Crippen LogP contribution in [0, 0.1) is 13.8 Å². The molecule has 0 atom stereocenters. The summed E-state index contributed by atoms with van der Waals surface area (Å²) in [5.41, 5.74) is 10.7. The first kappa shape index (κ1) is 15.9. The minimum atomic E-state index is -0.117. The minimum Gasteiger partial charge on any atom is -0.454 e. The molecule has 0 spiro atoms. The first-order valence-electron chi connectivity index (χ1n) is 8.13. The van der Waals surface area contributed by atoms with E-state index in [1.807, 2.05) is 13.8 Å². The van der Waals surface area contributed by atoms with Gasteiger partial charge >= 0.3 is 0 Å². The zero-order chi connectivity index (χ0) is 17.7. The van der Waals surface area contributed by atoms with Crippen LogP contribution in [0.1, 0.15) is 39.0 Å². The lowest BCUT2D eigenvalue weighted by Gasteiger charge is -2.08. The van der Waals surface area contributed by atoms with Gasteiger partial charge in [0.2, 0.25) is 12.6 Å². The second-order valence-corrected chi connectivity index (χ2v) is 7.08. The Labute approximate surface area is 149 Å². The number of rotatable bonds is 3. The molecular weight excluding hydrogens is 336 g/mol. The number of nitrogens with zero attached hydrogens (tertiary/aromatic N) is 1. The second-order valence-electron chi connectivity index (χ2n) is 6.08. The lowest BCUT2D eigenvalue weighted by Crippen LogP contribution is -2.02. The molecule has 0 aliphatic carbocycles. The van der Waals surface area contributed by atoms with Gasteiger partial charge in [-0.25, -0.2) is 4.98 Å². The molecule has 0 unspecified atom stereocenters. The van der Waals surface area contributed by atoms with Gasteiger partial charge < -0.3 is 15.2 Å². The number of aromatic nitrogens is 1. The van der Waals surface area contributed by atoms with Crippen molar-refractivity contribution in [1.29, 1.82) is 0 Å². The van der Waals surface area contributed by atoms with Crippen molar-refractivity contribution in [3.05, 3.63) is 45.5 Å². The van der Waals surface area contributed by atoms with E-state index in [-0.39, 0.29) is 12.6 Å². The summed E-state index contributed by atoms with van der Waals surface area (Å²) in [5.74, 6) is 1.12. The quantitative estimate of drug-likeness (QED) is 0.719. The molecule has 0 saturated carbocycles. The number of thiophene rings is 1. The fraction of sp³-hybridized carbons (Fsp3) is 0.263. The summed E-state index contributed by atoms with van der Waals surface area (Å²) in [7, 11) is 0. The Morgan fingerprint density at radius 3 is 2.80 bits per heavy atom. The number of carbonyl (C=O) groups is 1. The average Bonchev–Trinajstić information content (AvgIpc) is 3.18. The fourth-order valence-corrected chi connectivity index (χ4v) is 4.54. The van der Waals surface area contributed by atoms with Crippen molar-refractivity contribution in [2.45, 2.75) is 27.2 Å². The van der Waals surface area contributed by atoms with Crippen LogP contribution in [0.3, 0.4) is 0 Å². The van der Waals surface area contributed by atoms with E-state index >= 15 is 0 Å². The Balaban J connectivity index is 1.85. The third kappa shape index (κ3) is 2.36. The molecule has 128 valence electrons. The molecular formula is C19H18N2O3S. The maximum absolute atomic E-state index is 13.0. The maximum atomic E-state index is 13.0. The number of hydrogen-bond donors (Lipinski definition) is 1. The summed E-state index contributed by atoms with van der Waals surface area (Å²) < 4.78 is 10.7. The van der Waals surface area contributed by atoms with Crippen LogP contribution in [0.4, 0.5) is 5.69 Å². The molecule has 0 radical (unpaired) electrons. The molecule has 5 nitrogen and oxygen atoms in total. The van der Waals surface area contributed by atoms with Crippen LogP contribution in [0.15, 0.2) is 18.2 Å². The van der Waals surface area contributed by atoms with Crippen molar-refractivity contribution in [3.63, 3.8) is 0 Å². The summed E-state index contributed by atoms with van der Waals surface area (Å²) in [4.78, 5) is 19.0. The Morgan fingerprint density at radius 1 is 1.28 bits per heavy atom. The minimum absolute atomic E-state index is 0.117. The highest BCUT2D eigenvalue weighted by atomic mass is 32.1. The van der Waals surface area contributed by atoms with Crippen molar-refractivity contribution >= 4 is 33.0 Å². The average molecular weight is 354 g/mol. The molecule has 0 amide bonds. The van der Waals surface area contributed by atoms with Gasteiger partial charge in [0.1, 0.15) is 9.71 Å². The molecule has 1 aliphatic heterocycles. The van der Waals surface area contributed by atoms with E-state index in [1.54, 1.807) is 18.2 Å². The second kappa shape index (κ2) is 5.74. The highest BCUT2D eigenvalue weighted by Gasteiger charge is 2.23. The van der Waals surface area contributed by atoms with Gasteiger partial charge in [0.25, 0.3) is 0 Å². The Bertz CT molecular complexity index is 1020. The number of nitrogens with two attached hydrogens (primary N) is 1. The van der Waals surface area contributed by atoms with Crippen LogP contribution in [0.5, 0.6) is 11.5 Å². The van der Waals surface area contributed by atoms with Crippen molar-refractivity contribution < 1.29 is 14.3 Å². The Morgan fingerprint density at radius 2 is 2.04 bits per heavy atom. The Kier molecular flexibility index (Phi) is 3.65. The van der Waals surface area contributed by atoms with Gasteiger partial charge in [0.05, 0.1) is 5.69 Å². The van der Waals surface area contributed by atoms with Crippen LogP contribution in [0.2, 0.25) is 0 Å². The number of anilines is 1. The molecule has 2 N–H and O–H groups in total. The Hall–Kier alpha value is -2.60. The van der Waals surface area contributed by atoms with Crippen LogP contribution in [-0.2, 0) is 6.42 Å². The van der Waals surface area contributed by atoms with E-state index in [4.69, 9.17) is 15.2 Å². The predicted octanol–water partition coefficient (Wildman–Crippen LogP) is 4.02. The normalized spacial score (nSPS) is 12.8. The zero-order valence-corrected chi connectivity index (χ0v) is 15.1. The van der Waals surface area contributed by atoms with Gasteiger partial charge in [-0.2, -0.15) is 0 Å². The largest absolute Gasteiger partial charge is 0.454 e. The lowest BCUT2D eigenvalue weighted by molar-refractivity contribution is 0.104. The standard InChI is InChI=1S/C19H18N2O3S/c1-4-12-9(2)15-16(20)18(25-19(15)21-10(12)3)17(22)11-5-6-13-14(7-11)24-8-23-13/h5-7H,4,8,20H2,1-3H3. The molecule has 0 bridgehead atoms. The fourth-order valence-electron chi connectivity index (χ4n) is 3.37. The number of ketones is 1. The molecule has 6 heteroatoms. The van der Waals surface area contributed by atoms with E-state index in [0.717, 1.165) is 27.9 Å². The van der Waals surface area contributed by atoms with Crippen LogP contribution < -0.4 is 15.2 Å². The zero-order valence-electron chi connectivity index (χ0n) is 14.3. The number of ether oxygens (including phenoxy) is 2. The third-order valence-electron chi connectivity index (χ3n) is 4.65. The third-order valence-corrected chi connectivity index (χ3v) is 5.75. The van der Waals surface area contributed by atoms with Crippen LogP contribution >= 0.6 is 11.3 Å². The van der Waals surface area contributed by atoms with Gasteiger partial charge in [-0.3, -0.25) is 4.79 Å². The van der Waals surface area contributed by atoms with E-state index < -0.39 is 0 Å². The van der Waals surface area contributed by atoms with Crippen molar-refractivity contribution in [1.82, 2.24) is 4.98 Å². The number of pyridine rings is 1. The molecule has 3 heterocycles. The monoisotopic (exact) mass is 354 g/mol. The number of carbonyl (C=O) groups excluding carboxylic acids is 1. The molecule has 25 heavy (non-hydrogen) atoms. The van der Waals surface area contributed by atoms with Gasteiger partial charge in [0, 0.05) is 16.6 Å². The highest BCUT2D eigenvalue weighted by Crippen LogP contribution is 2.39. The van der Waals surface area contributed by atoms with Gasteiger partial charge in [0.15, 0.2) is 11.5 Å². The molecule has 4 rings (SSSR count). The van der Waals surface area contributed by atoms with Gasteiger partial charge in [-0.05, 0) is 49.6 Å². The summed E-state index contributed by atoms with van der Waals surface area (Å²) in [6.07, 6.45) is 0.890. The SMILES string of the molecule is CCc1c(C)nc2sc(C(=O)c3ccc4c(c3)OCO4)c(N)c2c1C. The molecule has 0 fully saturated rings. The summed E-state index contributed by atoms with van der Waals surface area (Å²) >= 11 is 1.35. The van der Waals surface area contributed by atoms with Crippen LogP contribution in [-0.4, -0.2) is 17.6 Å². The maximum Gasteiger partial charge on any atom is 0.231 e. The molecule has 1 aliphatic rings. The van der Waals surface area contributed by atoms with Crippen LogP contribution in [0.25, 0.3) is 10.2 Å². The van der Waals surface area contributed by atoms with E-state index in [1.165, 1.54) is 16.9 Å². The molecule has 1 aromatic carbocycles. The number of benzene rings is 1. The number of hydrogen-bond acceptors (Lipinski definition) is 6. The molecule has 0 saturated heterocycles. The van der Waals surface area contributed by atoms with Gasteiger partial charge in [-0.15, -0.1) is 11.3 Å². The molecule has 2 aromatic heterocycles. The van der Waals surface area contributed by atoms with Crippen molar-refractivity contribution in [2.24, 2.45) is 0 Å². The van der Waals surface area contributed by atoms with E-state index in [9.17, 15) is 4.79 Å². The van der Waals surface area contributed by atoms with Gasteiger partial charge in [-0.1, -0.05) is 6.92 Å². The number of nitrogen functional groups attached to an aromatic ring is 1. The number of aryl methyl sites for hydroxylation is 2. The van der Waals surface area contributed by atoms with Crippen molar-refractivity contribution in [3.8, 4) is 11.5 Å². The first-order chi connectivity index (χ1) is 12.0. The first-order valence-corrected chi connectivity index (χ1v) is 8.95. The van der Waals surface area contributed by atoms with Crippen molar-refractivity contribution in [2.75, 3.05) is 12.5 Å². The van der Waals surface area contributed by atoms with E-state index in [0.29, 0.717) is 27.6 Å². The summed E-state index contributed by atoms with van der Waals surface area (Å²) in [6, 6.07) is 5.20. The lowest BCUT2D eigenvalue weighted by atomic mass is 10.0. The number of fused-ring (bicyclic) bond motifs is 2. The van der Waals surface area contributed by atoms with E-state index in [2.05, 4.69) is 11.9 Å². The summed E-state index contributed by atoms with van der Waals surface area (Å²) in [6.45, 7) is 6.33. The topological polar surface area (TPSA) is 74.4 Å². The smallest absolute Gasteiger partial charge is 0.231 e. The molecule has 3 aromatic rings.